The van der Waals surface area contributed by atoms with Crippen molar-refractivity contribution in [3.8, 4) is 11.5 Å². The summed E-state index contributed by atoms with van der Waals surface area (Å²) in [4.78, 5) is 12.0. The molecule has 7 nitrogen and oxygen atoms in total. The van der Waals surface area contributed by atoms with Crippen molar-refractivity contribution < 1.29 is 23.7 Å². The Kier molecular flexibility index (Phi) is 8.78. The number of rotatable bonds is 11. The molecule has 1 heterocycles. The number of benzene rings is 2. The molecule has 0 aliphatic carbocycles. The smallest absolute Gasteiger partial charge is 0.418 e. The molecule has 0 bridgehead atoms. The summed E-state index contributed by atoms with van der Waals surface area (Å²) in [7, 11) is 0. The van der Waals surface area contributed by atoms with Crippen LogP contribution < -0.4 is 14.8 Å². The second-order valence-electron chi connectivity index (χ2n) is 8.42. The highest BCUT2D eigenvalue weighted by Gasteiger charge is 2.17. The molecule has 0 unspecified atom stereocenters. The fourth-order valence-corrected chi connectivity index (χ4v) is 2.89. The van der Waals surface area contributed by atoms with E-state index in [0.29, 0.717) is 33.0 Å². The molecule has 0 fully saturated rings. The number of carbonyl (C=O) groups is 1. The number of hydrogen-bond acceptors (Lipinski definition) is 6. The Morgan fingerprint density at radius 3 is 2.27 bits per heavy atom. The monoisotopic (exact) mass is 452 g/mol. The third-order valence-electron chi connectivity index (χ3n) is 4.44. The molecule has 1 aromatic heterocycles. The Balaban J connectivity index is 1.26. The van der Waals surface area contributed by atoms with Crippen molar-refractivity contribution in [2.24, 2.45) is 0 Å². The van der Waals surface area contributed by atoms with Crippen molar-refractivity contribution in [3.05, 3.63) is 78.6 Å². The van der Waals surface area contributed by atoms with Gasteiger partial charge in [0, 0.05) is 18.9 Å². The lowest BCUT2D eigenvalue weighted by atomic mass is 10.2. The van der Waals surface area contributed by atoms with Gasteiger partial charge in [0.15, 0.2) is 0 Å². The van der Waals surface area contributed by atoms with E-state index in [-0.39, 0.29) is 0 Å². The van der Waals surface area contributed by atoms with Gasteiger partial charge < -0.3 is 24.3 Å². The predicted octanol–water partition coefficient (Wildman–Crippen LogP) is 5.36. The Bertz CT molecular complexity index is 978. The molecule has 0 saturated carbocycles. The Labute approximate surface area is 195 Å². The zero-order valence-electron chi connectivity index (χ0n) is 19.5. The fourth-order valence-electron chi connectivity index (χ4n) is 2.89. The van der Waals surface area contributed by atoms with Gasteiger partial charge in [-0.05, 0) is 56.7 Å². The number of nitrogens with one attached hydrogen (secondary N) is 1. The second-order valence-corrected chi connectivity index (χ2v) is 8.42. The van der Waals surface area contributed by atoms with Crippen molar-refractivity contribution >= 4 is 11.8 Å². The maximum atomic E-state index is 12.0. The normalized spacial score (nSPS) is 11.1. The molecule has 33 heavy (non-hydrogen) atoms. The van der Waals surface area contributed by atoms with Crippen molar-refractivity contribution in [2.45, 2.75) is 33.0 Å². The first-order valence-corrected chi connectivity index (χ1v) is 11.0. The molecule has 0 saturated heterocycles. The number of ether oxygens (including phenoxy) is 4. The molecule has 0 radical (unpaired) electrons. The topological polar surface area (TPSA) is 71.0 Å². The van der Waals surface area contributed by atoms with Crippen LogP contribution in [0, 0.1) is 0 Å². The van der Waals surface area contributed by atoms with Crippen LogP contribution in [0.25, 0.3) is 0 Å². The highest BCUT2D eigenvalue weighted by atomic mass is 16.6. The van der Waals surface area contributed by atoms with Gasteiger partial charge in [-0.3, -0.25) is 4.57 Å². The molecule has 0 aliphatic heterocycles. The van der Waals surface area contributed by atoms with E-state index >= 15 is 0 Å². The largest absolute Gasteiger partial charge is 0.491 e. The summed E-state index contributed by atoms with van der Waals surface area (Å²) in [5.74, 6) is 1.57. The summed E-state index contributed by atoms with van der Waals surface area (Å²) in [6, 6.07) is 19.4. The maximum Gasteiger partial charge on any atom is 0.418 e. The van der Waals surface area contributed by atoms with Crippen LogP contribution in [-0.2, 0) is 16.1 Å². The van der Waals surface area contributed by atoms with Gasteiger partial charge >= 0.3 is 6.09 Å². The van der Waals surface area contributed by atoms with Gasteiger partial charge in [-0.25, -0.2) is 4.79 Å². The molecule has 0 atom stereocenters. The van der Waals surface area contributed by atoms with Crippen LogP contribution in [0.3, 0.4) is 0 Å². The summed E-state index contributed by atoms with van der Waals surface area (Å²) in [5, 5.41) is 3.21. The molecule has 3 rings (SSSR count). The van der Waals surface area contributed by atoms with E-state index in [4.69, 9.17) is 18.9 Å². The number of hydrogen-bond donors (Lipinski definition) is 1. The predicted molar refractivity (Wildman–Crippen MR) is 128 cm³/mol. The minimum Gasteiger partial charge on any atom is -0.491 e. The van der Waals surface area contributed by atoms with Crippen LogP contribution in [-0.4, -0.2) is 42.6 Å². The summed E-state index contributed by atoms with van der Waals surface area (Å²) in [5.41, 5.74) is 1.43. The molecular formula is C26H32N2O5. The third kappa shape index (κ3) is 8.90. The summed E-state index contributed by atoms with van der Waals surface area (Å²) >= 11 is 0. The van der Waals surface area contributed by atoms with Crippen LogP contribution >= 0.6 is 0 Å². The highest BCUT2D eigenvalue weighted by molar-refractivity contribution is 5.72. The molecule has 1 N–H and O–H groups in total. The van der Waals surface area contributed by atoms with Gasteiger partial charge in [0.25, 0.3) is 0 Å². The fraction of sp³-hybridized carbons (Fsp3) is 0.346. The summed E-state index contributed by atoms with van der Waals surface area (Å²) in [6.07, 6.45) is 2.97. The molecule has 176 valence electrons. The Hall–Kier alpha value is -3.45. The first-order chi connectivity index (χ1) is 15.9. The molecule has 3 aromatic rings. The standard InChI is InChI=1S/C26H32N2O5/c1-26(2,3)33-25(29)28-15-13-22(19-28)27-14-16-30-17-18-31-23-9-11-24(12-10-23)32-20-21-7-5-4-6-8-21/h4-13,15,19,27H,14,16-18,20H2,1-3H3. The van der Waals surface area contributed by atoms with Crippen LogP contribution in [0.1, 0.15) is 26.3 Å². The van der Waals surface area contributed by atoms with Crippen LogP contribution in [0.15, 0.2) is 73.1 Å². The molecular weight excluding hydrogens is 420 g/mol. The van der Waals surface area contributed by atoms with E-state index in [1.807, 2.05) is 81.4 Å². The Morgan fingerprint density at radius 2 is 1.58 bits per heavy atom. The average molecular weight is 453 g/mol. The molecule has 2 aromatic carbocycles. The van der Waals surface area contributed by atoms with E-state index in [2.05, 4.69) is 5.32 Å². The van der Waals surface area contributed by atoms with E-state index in [0.717, 1.165) is 22.7 Å². The number of carbonyl (C=O) groups excluding carboxylic acids is 1. The highest BCUT2D eigenvalue weighted by Crippen LogP contribution is 2.18. The number of aromatic nitrogens is 1. The lowest BCUT2D eigenvalue weighted by Gasteiger charge is -2.19. The van der Waals surface area contributed by atoms with Crippen LogP contribution in [0.5, 0.6) is 11.5 Å². The van der Waals surface area contributed by atoms with Gasteiger partial charge in [-0.2, -0.15) is 0 Å². The maximum absolute atomic E-state index is 12.0. The first-order valence-electron chi connectivity index (χ1n) is 11.0. The van der Waals surface area contributed by atoms with Gasteiger partial charge in [0.2, 0.25) is 0 Å². The lowest BCUT2D eigenvalue weighted by Crippen LogP contribution is -2.26. The van der Waals surface area contributed by atoms with Crippen LogP contribution in [0.4, 0.5) is 10.5 Å². The van der Waals surface area contributed by atoms with Crippen molar-refractivity contribution in [2.75, 3.05) is 31.7 Å². The average Bonchev–Trinajstić information content (AvgIpc) is 3.27. The van der Waals surface area contributed by atoms with Crippen molar-refractivity contribution in [1.29, 1.82) is 0 Å². The van der Waals surface area contributed by atoms with Gasteiger partial charge in [-0.1, -0.05) is 30.3 Å². The third-order valence-corrected chi connectivity index (χ3v) is 4.44. The van der Waals surface area contributed by atoms with Gasteiger partial charge in [0.05, 0.1) is 18.9 Å². The van der Waals surface area contributed by atoms with E-state index in [1.54, 1.807) is 12.4 Å². The molecule has 0 aliphatic rings. The molecule has 0 spiro atoms. The van der Waals surface area contributed by atoms with Gasteiger partial charge in [-0.15, -0.1) is 0 Å². The van der Waals surface area contributed by atoms with E-state index in [9.17, 15) is 4.79 Å². The first kappa shape index (κ1) is 24.2. The number of nitrogens with zero attached hydrogens (tertiary/aromatic N) is 1. The van der Waals surface area contributed by atoms with Crippen LogP contribution in [0.2, 0.25) is 0 Å². The van der Waals surface area contributed by atoms with Crippen molar-refractivity contribution in [1.82, 2.24) is 4.57 Å². The quantitative estimate of drug-likeness (QED) is 0.395. The SMILES string of the molecule is CC(C)(C)OC(=O)n1ccc(NCCOCCOc2ccc(OCc3ccccc3)cc2)c1. The van der Waals surface area contributed by atoms with E-state index in [1.165, 1.54) is 4.57 Å². The summed E-state index contributed by atoms with van der Waals surface area (Å²) in [6.45, 7) is 8.13. The molecule has 0 amide bonds. The second kappa shape index (κ2) is 12.0. The zero-order chi connectivity index (χ0) is 23.5. The number of anilines is 1. The van der Waals surface area contributed by atoms with Crippen molar-refractivity contribution in [3.63, 3.8) is 0 Å². The molecule has 7 heteroatoms. The van der Waals surface area contributed by atoms with Gasteiger partial charge in [0.1, 0.15) is 30.3 Å². The summed E-state index contributed by atoms with van der Waals surface area (Å²) < 4.78 is 23.8. The minimum atomic E-state index is -0.525. The minimum absolute atomic E-state index is 0.403. The zero-order valence-corrected chi connectivity index (χ0v) is 19.5. The lowest BCUT2D eigenvalue weighted by molar-refractivity contribution is 0.0537. The van der Waals surface area contributed by atoms with E-state index < -0.39 is 11.7 Å². The Morgan fingerprint density at radius 1 is 0.879 bits per heavy atom.